The standard InChI is InChI=1S/C36H41N3/c1-7-38-31-22-14-12-20-29(31)35(3,4)33(38)24-16-19-28(37-26-27-17-10-9-11-18-27)25-34-36(5,6)30-21-13-15-23-32(30)39(34)8-2/h9-25H,7-8,26H2,1-6H3/p+1/b19-16+,33-24+. The van der Waals surface area contributed by atoms with Gasteiger partial charge in [0.15, 0.2) is 5.71 Å². The van der Waals surface area contributed by atoms with E-state index in [1.807, 2.05) is 0 Å². The fraction of sp³-hybridized carbons (Fsp3) is 0.306. The van der Waals surface area contributed by atoms with Gasteiger partial charge in [0.25, 0.3) is 0 Å². The molecule has 0 saturated heterocycles. The fourth-order valence-corrected chi connectivity index (χ4v) is 6.27. The predicted molar refractivity (Wildman–Crippen MR) is 166 cm³/mol. The molecule has 0 atom stereocenters. The van der Waals surface area contributed by atoms with Crippen molar-refractivity contribution in [3.8, 4) is 0 Å². The van der Waals surface area contributed by atoms with Crippen LogP contribution in [-0.2, 0) is 17.4 Å². The summed E-state index contributed by atoms with van der Waals surface area (Å²) in [6, 6.07) is 28.3. The van der Waals surface area contributed by atoms with Gasteiger partial charge in [-0.15, -0.1) is 0 Å². The second-order valence-electron chi connectivity index (χ2n) is 11.5. The highest BCUT2D eigenvalue weighted by atomic mass is 15.2. The average molecular weight is 517 g/mol. The monoisotopic (exact) mass is 516 g/mol. The molecule has 5 rings (SSSR count). The van der Waals surface area contributed by atoms with E-state index in [4.69, 9.17) is 0 Å². The molecule has 1 N–H and O–H groups in total. The SMILES string of the molecule is CCN1/C(=C/C=C/C(=C/C2=[N+](CC)c3ccccc3C2(C)C)NCc2ccccc2)C(C)(C)c2ccccc21. The minimum Gasteiger partial charge on any atom is -0.381 e. The smallest absolute Gasteiger partial charge is 0.209 e. The summed E-state index contributed by atoms with van der Waals surface area (Å²) >= 11 is 0. The molecule has 2 heterocycles. The number of allylic oxidation sites excluding steroid dienone is 5. The molecule has 0 fully saturated rings. The number of anilines is 1. The number of nitrogens with one attached hydrogen (secondary N) is 1. The van der Waals surface area contributed by atoms with E-state index < -0.39 is 0 Å². The van der Waals surface area contributed by atoms with E-state index in [-0.39, 0.29) is 10.8 Å². The summed E-state index contributed by atoms with van der Waals surface area (Å²) in [6.07, 6.45) is 9.12. The fourth-order valence-electron chi connectivity index (χ4n) is 6.27. The highest BCUT2D eigenvalue weighted by Gasteiger charge is 2.44. The van der Waals surface area contributed by atoms with E-state index in [9.17, 15) is 0 Å². The number of hydrogen-bond acceptors (Lipinski definition) is 2. The Bertz CT molecular complexity index is 1470. The quantitative estimate of drug-likeness (QED) is 0.241. The number of fused-ring (bicyclic) bond motifs is 2. The first kappa shape index (κ1) is 26.7. The summed E-state index contributed by atoms with van der Waals surface area (Å²) < 4.78 is 2.46. The molecule has 39 heavy (non-hydrogen) atoms. The van der Waals surface area contributed by atoms with Crippen molar-refractivity contribution >= 4 is 17.1 Å². The van der Waals surface area contributed by atoms with Crippen LogP contribution in [-0.4, -0.2) is 23.4 Å². The Morgan fingerprint density at radius 3 is 2.21 bits per heavy atom. The molecular formula is C36H42N3+. The molecule has 2 aliphatic rings. The molecule has 200 valence electrons. The zero-order valence-corrected chi connectivity index (χ0v) is 24.3. The van der Waals surface area contributed by atoms with Crippen LogP contribution in [0.5, 0.6) is 0 Å². The number of hydrogen-bond donors (Lipinski definition) is 1. The van der Waals surface area contributed by atoms with Crippen LogP contribution < -0.4 is 10.2 Å². The van der Waals surface area contributed by atoms with Crippen molar-refractivity contribution < 1.29 is 4.58 Å². The van der Waals surface area contributed by atoms with Crippen LogP contribution in [0.2, 0.25) is 0 Å². The van der Waals surface area contributed by atoms with Gasteiger partial charge < -0.3 is 10.2 Å². The van der Waals surface area contributed by atoms with Gasteiger partial charge in [-0.25, -0.2) is 0 Å². The zero-order chi connectivity index (χ0) is 27.6. The number of rotatable bonds is 8. The third kappa shape index (κ3) is 4.87. The Balaban J connectivity index is 1.53. The normalized spacial score (nSPS) is 18.7. The first-order valence-corrected chi connectivity index (χ1v) is 14.3. The summed E-state index contributed by atoms with van der Waals surface area (Å²) in [6.45, 7) is 16.5. The summed E-state index contributed by atoms with van der Waals surface area (Å²) in [5.74, 6) is 0. The van der Waals surface area contributed by atoms with Crippen molar-refractivity contribution in [1.29, 1.82) is 0 Å². The molecule has 0 amide bonds. The summed E-state index contributed by atoms with van der Waals surface area (Å²) in [5.41, 5.74) is 10.3. The van der Waals surface area contributed by atoms with Crippen LogP contribution in [0.4, 0.5) is 11.4 Å². The van der Waals surface area contributed by atoms with Crippen molar-refractivity contribution in [1.82, 2.24) is 5.32 Å². The number of benzene rings is 3. The maximum Gasteiger partial charge on any atom is 0.209 e. The molecule has 0 saturated carbocycles. The van der Waals surface area contributed by atoms with Crippen molar-refractivity contribution in [2.45, 2.75) is 58.9 Å². The Kier molecular flexibility index (Phi) is 7.36. The van der Waals surface area contributed by atoms with Gasteiger partial charge in [0.1, 0.15) is 6.54 Å². The zero-order valence-electron chi connectivity index (χ0n) is 24.3. The highest BCUT2D eigenvalue weighted by molar-refractivity contribution is 6.03. The molecule has 0 aromatic heterocycles. The summed E-state index contributed by atoms with van der Waals surface area (Å²) in [5, 5.41) is 3.74. The Morgan fingerprint density at radius 2 is 1.49 bits per heavy atom. The Hall–Kier alpha value is -3.85. The van der Waals surface area contributed by atoms with E-state index >= 15 is 0 Å². The molecule has 3 nitrogen and oxygen atoms in total. The largest absolute Gasteiger partial charge is 0.381 e. The van der Waals surface area contributed by atoms with Crippen LogP contribution in [0.25, 0.3) is 0 Å². The van der Waals surface area contributed by atoms with Crippen molar-refractivity contribution in [3.05, 3.63) is 131 Å². The van der Waals surface area contributed by atoms with E-state index in [1.165, 1.54) is 39.5 Å². The van der Waals surface area contributed by atoms with E-state index in [1.54, 1.807) is 0 Å². The summed E-state index contributed by atoms with van der Waals surface area (Å²) in [4.78, 5) is 2.45. The Morgan fingerprint density at radius 1 is 0.821 bits per heavy atom. The number of para-hydroxylation sites is 2. The Labute approximate surface area is 234 Å². The van der Waals surface area contributed by atoms with Gasteiger partial charge in [0.2, 0.25) is 5.69 Å². The van der Waals surface area contributed by atoms with Crippen LogP contribution in [0.3, 0.4) is 0 Å². The van der Waals surface area contributed by atoms with Crippen LogP contribution in [0.1, 0.15) is 58.2 Å². The summed E-state index contributed by atoms with van der Waals surface area (Å²) in [7, 11) is 0. The lowest BCUT2D eigenvalue weighted by Gasteiger charge is -2.25. The molecule has 3 heteroatoms. The second kappa shape index (κ2) is 10.7. The van der Waals surface area contributed by atoms with E-state index in [2.05, 4.69) is 160 Å². The third-order valence-electron chi connectivity index (χ3n) is 8.39. The van der Waals surface area contributed by atoms with Gasteiger partial charge in [-0.3, -0.25) is 0 Å². The molecule has 3 aromatic carbocycles. The number of likely N-dealkylation sites (N-methyl/N-ethyl adjacent to an activating group) is 1. The van der Waals surface area contributed by atoms with E-state index in [0.29, 0.717) is 0 Å². The maximum absolute atomic E-state index is 3.74. The van der Waals surface area contributed by atoms with Crippen molar-refractivity contribution in [2.24, 2.45) is 0 Å². The lowest BCUT2D eigenvalue weighted by atomic mass is 9.81. The third-order valence-corrected chi connectivity index (χ3v) is 8.39. The van der Waals surface area contributed by atoms with Gasteiger partial charge >= 0.3 is 0 Å². The average Bonchev–Trinajstić information content (AvgIpc) is 3.30. The van der Waals surface area contributed by atoms with Gasteiger partial charge in [0.05, 0.1) is 5.41 Å². The number of nitrogens with zero attached hydrogens (tertiary/aromatic N) is 2. The lowest BCUT2D eigenvalue weighted by molar-refractivity contribution is -0.433. The van der Waals surface area contributed by atoms with Crippen LogP contribution >= 0.6 is 0 Å². The molecule has 0 spiro atoms. The molecule has 0 bridgehead atoms. The molecule has 2 aliphatic heterocycles. The molecular weight excluding hydrogens is 474 g/mol. The van der Waals surface area contributed by atoms with Gasteiger partial charge in [-0.1, -0.05) is 86.7 Å². The van der Waals surface area contributed by atoms with Gasteiger partial charge in [-0.05, 0) is 57.0 Å². The van der Waals surface area contributed by atoms with Crippen molar-refractivity contribution in [3.63, 3.8) is 0 Å². The van der Waals surface area contributed by atoms with Gasteiger partial charge in [-0.2, -0.15) is 4.58 Å². The predicted octanol–water partition coefficient (Wildman–Crippen LogP) is 8.01. The molecule has 0 unspecified atom stereocenters. The van der Waals surface area contributed by atoms with E-state index in [0.717, 1.165) is 25.3 Å². The van der Waals surface area contributed by atoms with Crippen LogP contribution in [0, 0.1) is 0 Å². The van der Waals surface area contributed by atoms with Crippen LogP contribution in [0.15, 0.2) is 115 Å². The first-order valence-electron chi connectivity index (χ1n) is 14.3. The minimum atomic E-state index is -0.0767. The lowest BCUT2D eigenvalue weighted by Crippen LogP contribution is -2.29. The maximum atomic E-state index is 3.74. The van der Waals surface area contributed by atoms with Crippen molar-refractivity contribution in [2.75, 3.05) is 18.0 Å². The molecule has 3 aromatic rings. The first-order chi connectivity index (χ1) is 18.8. The highest BCUT2D eigenvalue weighted by Crippen LogP contribution is 2.47. The molecule has 0 radical (unpaired) electrons. The minimum absolute atomic E-state index is 0.0405. The molecule has 0 aliphatic carbocycles. The van der Waals surface area contributed by atoms with Gasteiger partial charge in [0, 0.05) is 53.3 Å². The topological polar surface area (TPSA) is 18.3 Å². The second-order valence-corrected chi connectivity index (χ2v) is 11.5.